The monoisotopic (exact) mass is 264 g/mol. The highest BCUT2D eigenvalue weighted by molar-refractivity contribution is 7.99. The Bertz CT molecular complexity index is 391. The molecule has 1 rings (SSSR count). The fourth-order valence-electron chi connectivity index (χ4n) is 1.57. The van der Waals surface area contributed by atoms with E-state index in [2.05, 4.69) is 6.07 Å². The maximum atomic E-state index is 9.27. The minimum Gasteiger partial charge on any atom is -0.396 e. The number of hydrogen-bond acceptors (Lipinski definition) is 4. The number of rotatable bonds is 7. The minimum atomic E-state index is -0.906. The molecule has 4 heteroatoms. The molecule has 2 unspecified atom stereocenters. The summed E-state index contributed by atoms with van der Waals surface area (Å²) >= 11 is 1.73. The van der Waals surface area contributed by atoms with Gasteiger partial charge in [-0.15, -0.1) is 0 Å². The van der Waals surface area contributed by atoms with E-state index in [9.17, 15) is 5.26 Å². The summed E-state index contributed by atoms with van der Waals surface area (Å²) in [7, 11) is 0. The van der Waals surface area contributed by atoms with Crippen LogP contribution in [0.3, 0.4) is 0 Å². The molecule has 2 atom stereocenters. The first-order chi connectivity index (χ1) is 8.62. The van der Waals surface area contributed by atoms with Crippen LogP contribution >= 0.6 is 11.8 Å². The van der Waals surface area contributed by atoms with E-state index in [1.54, 1.807) is 11.8 Å². The number of hydrogen-bond donors (Lipinski definition) is 2. The van der Waals surface area contributed by atoms with Crippen molar-refractivity contribution in [2.45, 2.75) is 18.9 Å². The lowest BCUT2D eigenvalue weighted by molar-refractivity contribution is 0.250. The highest BCUT2D eigenvalue weighted by Gasteiger charge is 2.26. The number of nitrogens with zero attached hydrogens (tertiary/aromatic N) is 1. The molecule has 1 aromatic carbocycles. The lowest BCUT2D eigenvalue weighted by Crippen LogP contribution is -2.35. The molecule has 0 fully saturated rings. The summed E-state index contributed by atoms with van der Waals surface area (Å²) in [5, 5.41) is 18.2. The average Bonchev–Trinajstić information content (AvgIpc) is 2.44. The van der Waals surface area contributed by atoms with Gasteiger partial charge in [0, 0.05) is 6.61 Å². The molecule has 98 valence electrons. The smallest absolute Gasteiger partial charge is 0.130 e. The van der Waals surface area contributed by atoms with Gasteiger partial charge < -0.3 is 10.8 Å². The van der Waals surface area contributed by atoms with Crippen LogP contribution in [-0.4, -0.2) is 23.2 Å². The third-order valence-electron chi connectivity index (χ3n) is 2.84. The quantitative estimate of drug-likeness (QED) is 0.740. The van der Waals surface area contributed by atoms with Gasteiger partial charge in [-0.05, 0) is 29.4 Å². The number of aliphatic hydroxyl groups is 1. The molecule has 0 aliphatic heterocycles. The van der Waals surface area contributed by atoms with Crippen molar-refractivity contribution in [2.24, 2.45) is 11.7 Å². The molecule has 0 heterocycles. The van der Waals surface area contributed by atoms with Gasteiger partial charge in [0.15, 0.2) is 0 Å². The first-order valence-corrected chi connectivity index (χ1v) is 7.22. The van der Waals surface area contributed by atoms with Crippen molar-refractivity contribution in [1.82, 2.24) is 0 Å². The molecule has 3 nitrogen and oxygen atoms in total. The second-order valence-corrected chi connectivity index (χ2v) is 5.71. The topological polar surface area (TPSA) is 70.0 Å². The Labute approximate surface area is 113 Å². The third-order valence-corrected chi connectivity index (χ3v) is 4.14. The van der Waals surface area contributed by atoms with E-state index in [1.807, 2.05) is 37.3 Å². The van der Waals surface area contributed by atoms with E-state index in [0.717, 1.165) is 17.1 Å². The van der Waals surface area contributed by atoms with Crippen molar-refractivity contribution < 1.29 is 5.11 Å². The zero-order valence-electron chi connectivity index (χ0n) is 10.7. The normalized spacial score (nSPS) is 15.7. The Morgan fingerprint density at radius 3 is 2.67 bits per heavy atom. The lowest BCUT2D eigenvalue weighted by atomic mass is 9.90. The van der Waals surface area contributed by atoms with Crippen LogP contribution in [0.15, 0.2) is 30.3 Å². The summed E-state index contributed by atoms with van der Waals surface area (Å²) in [5.41, 5.74) is 6.10. The van der Waals surface area contributed by atoms with Gasteiger partial charge in [-0.2, -0.15) is 17.0 Å². The van der Waals surface area contributed by atoms with Gasteiger partial charge in [0.1, 0.15) is 5.54 Å². The van der Waals surface area contributed by atoms with Gasteiger partial charge in [-0.25, -0.2) is 0 Å². The van der Waals surface area contributed by atoms with Crippen LogP contribution < -0.4 is 5.73 Å². The van der Waals surface area contributed by atoms with Crippen molar-refractivity contribution in [1.29, 1.82) is 5.26 Å². The van der Waals surface area contributed by atoms with Crippen LogP contribution in [-0.2, 0) is 5.54 Å². The second-order valence-electron chi connectivity index (χ2n) is 4.56. The summed E-state index contributed by atoms with van der Waals surface area (Å²) in [5.74, 6) is 2.01. The Kier molecular flexibility index (Phi) is 6.20. The number of nitriles is 1. The first-order valence-electron chi connectivity index (χ1n) is 6.06. The van der Waals surface area contributed by atoms with Crippen LogP contribution in [0.5, 0.6) is 0 Å². The summed E-state index contributed by atoms with van der Waals surface area (Å²) < 4.78 is 0. The third kappa shape index (κ3) is 4.34. The molecule has 1 aromatic rings. The highest BCUT2D eigenvalue weighted by atomic mass is 32.2. The Morgan fingerprint density at radius 2 is 2.11 bits per heavy atom. The second kappa shape index (κ2) is 7.42. The summed E-state index contributed by atoms with van der Waals surface area (Å²) in [6, 6.07) is 11.7. The van der Waals surface area contributed by atoms with Crippen molar-refractivity contribution in [3.05, 3.63) is 35.9 Å². The van der Waals surface area contributed by atoms with E-state index >= 15 is 0 Å². The number of nitrogens with two attached hydrogens (primary N) is 1. The molecule has 18 heavy (non-hydrogen) atoms. The molecule has 0 aliphatic rings. The van der Waals surface area contributed by atoms with Crippen molar-refractivity contribution >= 4 is 11.8 Å². The maximum absolute atomic E-state index is 9.27. The molecular formula is C14H20N2OS. The molecule has 0 bridgehead atoms. The fraction of sp³-hybridized carbons (Fsp3) is 0.500. The Morgan fingerprint density at radius 1 is 1.44 bits per heavy atom. The van der Waals surface area contributed by atoms with Gasteiger partial charge in [0.25, 0.3) is 0 Å². The van der Waals surface area contributed by atoms with E-state index in [4.69, 9.17) is 10.8 Å². The number of thioether (sulfide) groups is 1. The molecule has 0 saturated carbocycles. The molecule has 0 aliphatic carbocycles. The van der Waals surface area contributed by atoms with Crippen molar-refractivity contribution in [3.8, 4) is 6.07 Å². The predicted octanol–water partition coefficient (Wildman–Crippen LogP) is 2.12. The van der Waals surface area contributed by atoms with Gasteiger partial charge in [-0.1, -0.05) is 37.3 Å². The van der Waals surface area contributed by atoms with Gasteiger partial charge in [0.05, 0.1) is 6.07 Å². The largest absolute Gasteiger partial charge is 0.396 e. The van der Waals surface area contributed by atoms with Crippen molar-refractivity contribution in [3.63, 3.8) is 0 Å². The molecule has 0 amide bonds. The van der Waals surface area contributed by atoms with E-state index < -0.39 is 5.54 Å². The maximum Gasteiger partial charge on any atom is 0.130 e. The van der Waals surface area contributed by atoms with Crippen LogP contribution in [0.25, 0.3) is 0 Å². The van der Waals surface area contributed by atoms with Gasteiger partial charge in [-0.3, -0.25) is 0 Å². The first kappa shape index (κ1) is 15.0. The number of benzene rings is 1. The van der Waals surface area contributed by atoms with Crippen LogP contribution in [0.4, 0.5) is 0 Å². The SMILES string of the molecule is CC(CO)CSCCC(N)(C#N)c1ccccc1. The van der Waals surface area contributed by atoms with E-state index in [1.165, 1.54) is 0 Å². The zero-order valence-corrected chi connectivity index (χ0v) is 11.5. The van der Waals surface area contributed by atoms with Crippen LogP contribution in [0.2, 0.25) is 0 Å². The Balaban J connectivity index is 2.50. The molecule has 0 spiro atoms. The molecular weight excluding hydrogens is 244 g/mol. The molecule has 0 radical (unpaired) electrons. The van der Waals surface area contributed by atoms with E-state index in [0.29, 0.717) is 12.3 Å². The van der Waals surface area contributed by atoms with Gasteiger partial charge >= 0.3 is 0 Å². The Hall–Kier alpha value is -1.02. The van der Waals surface area contributed by atoms with Gasteiger partial charge in [0.2, 0.25) is 0 Å². The summed E-state index contributed by atoms with van der Waals surface area (Å²) in [4.78, 5) is 0. The predicted molar refractivity (Wildman–Crippen MR) is 76.1 cm³/mol. The summed E-state index contributed by atoms with van der Waals surface area (Å²) in [6.45, 7) is 2.21. The van der Waals surface area contributed by atoms with Crippen LogP contribution in [0, 0.1) is 17.2 Å². The fourth-order valence-corrected chi connectivity index (χ4v) is 2.71. The average molecular weight is 264 g/mol. The molecule has 0 saturated heterocycles. The standard InChI is InChI=1S/C14H20N2OS/c1-12(9-17)10-18-8-7-14(16,11-15)13-5-3-2-4-6-13/h2-6,12,17H,7-10,16H2,1H3. The molecule has 0 aromatic heterocycles. The van der Waals surface area contributed by atoms with Crippen molar-refractivity contribution in [2.75, 3.05) is 18.1 Å². The van der Waals surface area contributed by atoms with Crippen LogP contribution in [0.1, 0.15) is 18.9 Å². The summed E-state index contributed by atoms with van der Waals surface area (Å²) in [6.07, 6.45) is 0.621. The lowest BCUT2D eigenvalue weighted by Gasteiger charge is -2.22. The number of aliphatic hydroxyl groups excluding tert-OH is 1. The highest BCUT2D eigenvalue weighted by Crippen LogP contribution is 2.23. The minimum absolute atomic E-state index is 0.206. The molecule has 3 N–H and O–H groups in total. The zero-order chi connectivity index (χ0) is 13.4. The van der Waals surface area contributed by atoms with E-state index in [-0.39, 0.29) is 6.61 Å².